The van der Waals surface area contributed by atoms with Crippen molar-refractivity contribution in [1.82, 2.24) is 0 Å². The lowest BCUT2D eigenvalue weighted by atomic mass is 10.2. The molecule has 2 rings (SSSR count). The minimum Gasteiger partial charge on any atom is -0.497 e. The van der Waals surface area contributed by atoms with E-state index in [2.05, 4.69) is 11.4 Å². The van der Waals surface area contributed by atoms with Gasteiger partial charge in [-0.15, -0.1) is 0 Å². The molecular weight excluding hydrogens is 240 g/mol. The van der Waals surface area contributed by atoms with E-state index in [1.165, 1.54) is 0 Å². The van der Waals surface area contributed by atoms with Crippen LogP contribution in [0.5, 0.6) is 11.5 Å². The van der Waals surface area contributed by atoms with Crippen molar-refractivity contribution < 1.29 is 9.47 Å². The van der Waals surface area contributed by atoms with Crippen molar-refractivity contribution in [3.8, 4) is 17.6 Å². The van der Waals surface area contributed by atoms with Gasteiger partial charge in [-0.1, -0.05) is 6.07 Å². The molecule has 0 fully saturated rings. The summed E-state index contributed by atoms with van der Waals surface area (Å²) >= 11 is 0. The van der Waals surface area contributed by atoms with Gasteiger partial charge >= 0.3 is 0 Å². The molecule has 4 heteroatoms. The van der Waals surface area contributed by atoms with Crippen LogP contribution in [0.4, 0.5) is 11.4 Å². The highest BCUT2D eigenvalue weighted by Gasteiger charge is 2.05. The maximum Gasteiger partial charge on any atom is 0.145 e. The number of rotatable bonds is 4. The molecule has 2 aromatic rings. The van der Waals surface area contributed by atoms with Crippen LogP contribution in [0.15, 0.2) is 42.5 Å². The molecule has 0 aromatic heterocycles. The molecule has 1 N–H and O–H groups in total. The largest absolute Gasteiger partial charge is 0.497 e. The molecule has 0 atom stereocenters. The van der Waals surface area contributed by atoms with Crippen LogP contribution in [-0.4, -0.2) is 14.2 Å². The van der Waals surface area contributed by atoms with Crippen LogP contribution in [0, 0.1) is 11.3 Å². The molecule has 0 bridgehead atoms. The second-order valence-electron chi connectivity index (χ2n) is 3.88. The molecule has 2 aromatic carbocycles. The van der Waals surface area contributed by atoms with Crippen LogP contribution in [0.1, 0.15) is 5.56 Å². The minimum absolute atomic E-state index is 0.609. The molecule has 0 aliphatic rings. The van der Waals surface area contributed by atoms with E-state index in [1.807, 2.05) is 24.3 Å². The van der Waals surface area contributed by atoms with Gasteiger partial charge in [0.25, 0.3) is 0 Å². The number of hydrogen-bond donors (Lipinski definition) is 1. The second kappa shape index (κ2) is 5.78. The Balaban J connectivity index is 2.30. The first-order valence-corrected chi connectivity index (χ1v) is 5.76. The standard InChI is InChI=1S/C15H14N2O2/c1-18-13-6-7-14(15(9-13)19-2)17-12-5-3-4-11(8-12)10-16/h3-9,17H,1-2H3. The zero-order valence-corrected chi connectivity index (χ0v) is 10.8. The van der Waals surface area contributed by atoms with Crippen molar-refractivity contribution >= 4 is 11.4 Å². The van der Waals surface area contributed by atoms with E-state index in [0.29, 0.717) is 11.3 Å². The van der Waals surface area contributed by atoms with E-state index in [0.717, 1.165) is 17.1 Å². The first-order chi connectivity index (χ1) is 9.26. The molecule has 19 heavy (non-hydrogen) atoms. The number of nitrogens with one attached hydrogen (secondary N) is 1. The van der Waals surface area contributed by atoms with Crippen molar-refractivity contribution in [3.05, 3.63) is 48.0 Å². The third-order valence-electron chi connectivity index (χ3n) is 2.68. The Morgan fingerprint density at radius 1 is 1.05 bits per heavy atom. The van der Waals surface area contributed by atoms with Gasteiger partial charge < -0.3 is 14.8 Å². The molecular formula is C15H14N2O2. The Kier molecular flexibility index (Phi) is 3.89. The minimum atomic E-state index is 0.609. The molecule has 96 valence electrons. The van der Waals surface area contributed by atoms with E-state index < -0.39 is 0 Å². The topological polar surface area (TPSA) is 54.3 Å². The summed E-state index contributed by atoms with van der Waals surface area (Å²) < 4.78 is 10.5. The highest BCUT2D eigenvalue weighted by Crippen LogP contribution is 2.31. The lowest BCUT2D eigenvalue weighted by molar-refractivity contribution is 0.395. The van der Waals surface area contributed by atoms with Gasteiger partial charge in [0.2, 0.25) is 0 Å². The lowest BCUT2D eigenvalue weighted by Crippen LogP contribution is -1.95. The first kappa shape index (κ1) is 12.8. The van der Waals surface area contributed by atoms with E-state index in [-0.39, 0.29) is 0 Å². The monoisotopic (exact) mass is 254 g/mol. The number of nitrogens with zero attached hydrogens (tertiary/aromatic N) is 1. The fourth-order valence-corrected chi connectivity index (χ4v) is 1.72. The molecule has 0 saturated carbocycles. The quantitative estimate of drug-likeness (QED) is 0.909. The highest BCUT2D eigenvalue weighted by atomic mass is 16.5. The van der Waals surface area contributed by atoms with Crippen LogP contribution in [-0.2, 0) is 0 Å². The van der Waals surface area contributed by atoms with E-state index in [9.17, 15) is 0 Å². The molecule has 0 spiro atoms. The SMILES string of the molecule is COc1ccc(Nc2cccc(C#N)c2)c(OC)c1. The van der Waals surface area contributed by atoms with Crippen LogP contribution >= 0.6 is 0 Å². The van der Waals surface area contributed by atoms with E-state index in [1.54, 1.807) is 32.4 Å². The van der Waals surface area contributed by atoms with E-state index >= 15 is 0 Å². The predicted octanol–water partition coefficient (Wildman–Crippen LogP) is 3.32. The van der Waals surface area contributed by atoms with Gasteiger partial charge in [-0.05, 0) is 30.3 Å². The van der Waals surface area contributed by atoms with Crippen molar-refractivity contribution in [1.29, 1.82) is 5.26 Å². The summed E-state index contributed by atoms with van der Waals surface area (Å²) in [6.45, 7) is 0. The molecule has 0 aliphatic carbocycles. The van der Waals surface area contributed by atoms with Crippen LogP contribution in [0.2, 0.25) is 0 Å². The molecule has 0 heterocycles. The van der Waals surface area contributed by atoms with Gasteiger partial charge in [0, 0.05) is 11.8 Å². The zero-order chi connectivity index (χ0) is 13.7. The number of methoxy groups -OCH3 is 2. The Morgan fingerprint density at radius 3 is 2.58 bits per heavy atom. The summed E-state index contributed by atoms with van der Waals surface area (Å²) in [4.78, 5) is 0. The fourth-order valence-electron chi connectivity index (χ4n) is 1.72. The van der Waals surface area contributed by atoms with Gasteiger partial charge in [-0.3, -0.25) is 0 Å². The third-order valence-corrected chi connectivity index (χ3v) is 2.68. The smallest absolute Gasteiger partial charge is 0.145 e. The van der Waals surface area contributed by atoms with Crippen LogP contribution in [0.25, 0.3) is 0 Å². The summed E-state index contributed by atoms with van der Waals surface area (Å²) in [5.74, 6) is 1.41. The molecule has 0 saturated heterocycles. The first-order valence-electron chi connectivity index (χ1n) is 5.76. The summed E-state index contributed by atoms with van der Waals surface area (Å²) in [7, 11) is 3.21. The zero-order valence-electron chi connectivity index (χ0n) is 10.8. The van der Waals surface area contributed by atoms with Crippen molar-refractivity contribution in [2.24, 2.45) is 0 Å². The molecule has 0 amide bonds. The summed E-state index contributed by atoms with van der Waals surface area (Å²) in [6, 6.07) is 14.9. The van der Waals surface area contributed by atoms with Crippen molar-refractivity contribution in [2.75, 3.05) is 19.5 Å². The Bertz CT molecular complexity index is 618. The number of hydrogen-bond acceptors (Lipinski definition) is 4. The summed E-state index contributed by atoms with van der Waals surface area (Å²) in [5.41, 5.74) is 2.26. The average molecular weight is 254 g/mol. The van der Waals surface area contributed by atoms with Gasteiger partial charge in [0.15, 0.2) is 0 Å². The second-order valence-corrected chi connectivity index (χ2v) is 3.88. The number of nitriles is 1. The third kappa shape index (κ3) is 2.96. The van der Waals surface area contributed by atoms with E-state index in [4.69, 9.17) is 14.7 Å². The Labute approximate surface area is 112 Å². The maximum atomic E-state index is 8.88. The van der Waals surface area contributed by atoms with Gasteiger partial charge in [0.05, 0.1) is 31.5 Å². The molecule has 4 nitrogen and oxygen atoms in total. The predicted molar refractivity (Wildman–Crippen MR) is 74.0 cm³/mol. The molecule has 0 aliphatic heterocycles. The number of benzene rings is 2. The van der Waals surface area contributed by atoms with Gasteiger partial charge in [-0.2, -0.15) is 5.26 Å². The Hall–Kier alpha value is -2.67. The molecule has 0 unspecified atom stereocenters. The van der Waals surface area contributed by atoms with Gasteiger partial charge in [-0.25, -0.2) is 0 Å². The van der Waals surface area contributed by atoms with Crippen molar-refractivity contribution in [2.45, 2.75) is 0 Å². The summed E-state index contributed by atoms with van der Waals surface area (Å²) in [6.07, 6.45) is 0. The molecule has 0 radical (unpaired) electrons. The highest BCUT2D eigenvalue weighted by molar-refractivity contribution is 5.68. The summed E-state index contributed by atoms with van der Waals surface area (Å²) in [5, 5.41) is 12.1. The average Bonchev–Trinajstić information content (AvgIpc) is 2.48. The number of anilines is 2. The lowest BCUT2D eigenvalue weighted by Gasteiger charge is -2.12. The fraction of sp³-hybridized carbons (Fsp3) is 0.133. The normalized spacial score (nSPS) is 9.53. The number of ether oxygens (including phenoxy) is 2. The van der Waals surface area contributed by atoms with Crippen molar-refractivity contribution in [3.63, 3.8) is 0 Å². The Morgan fingerprint density at radius 2 is 1.89 bits per heavy atom. The van der Waals surface area contributed by atoms with Crippen LogP contribution in [0.3, 0.4) is 0 Å². The maximum absolute atomic E-state index is 8.88. The van der Waals surface area contributed by atoms with Crippen LogP contribution < -0.4 is 14.8 Å². The van der Waals surface area contributed by atoms with Gasteiger partial charge in [0.1, 0.15) is 11.5 Å².